The highest BCUT2D eigenvalue weighted by molar-refractivity contribution is 7.89. The van der Waals surface area contributed by atoms with Crippen molar-refractivity contribution in [2.75, 3.05) is 32.7 Å². The fraction of sp³-hybridized carbons (Fsp3) is 0.350. The minimum absolute atomic E-state index is 0.00357. The number of ether oxygens (including phenoxy) is 1. The molecule has 0 fully saturated rings. The van der Waals surface area contributed by atoms with Crippen molar-refractivity contribution in [1.29, 1.82) is 0 Å². The van der Waals surface area contributed by atoms with E-state index in [1.807, 2.05) is 19.1 Å². The molecule has 8 heteroatoms. The van der Waals surface area contributed by atoms with Crippen LogP contribution in [0.1, 0.15) is 27.9 Å². The number of nitrogens with zero attached hydrogens (tertiary/aromatic N) is 2. The molecule has 0 spiro atoms. The Morgan fingerprint density at radius 3 is 2.61 bits per heavy atom. The third-order valence-corrected chi connectivity index (χ3v) is 6.67. The number of methoxy groups -OCH3 is 1. The van der Waals surface area contributed by atoms with Crippen molar-refractivity contribution in [3.05, 3.63) is 53.1 Å². The number of rotatable bonds is 5. The molecular weight excluding hydrogens is 380 g/mol. The van der Waals surface area contributed by atoms with Gasteiger partial charge >= 0.3 is 0 Å². The number of hydrogen-bond acceptors (Lipinski definition) is 5. The zero-order valence-electron chi connectivity index (χ0n) is 16.4. The summed E-state index contributed by atoms with van der Waals surface area (Å²) in [7, 11) is 0.313. The summed E-state index contributed by atoms with van der Waals surface area (Å²) in [5.41, 5.74) is 3.25. The lowest BCUT2D eigenvalue weighted by atomic mass is 9.95. The van der Waals surface area contributed by atoms with E-state index >= 15 is 0 Å². The van der Waals surface area contributed by atoms with Gasteiger partial charge < -0.3 is 9.64 Å². The molecule has 1 aliphatic rings. The lowest BCUT2D eigenvalue weighted by molar-refractivity contribution is -0.0258. The normalized spacial score (nSPS) is 14.1. The second-order valence-corrected chi connectivity index (χ2v) is 8.53. The molecule has 2 aromatic rings. The van der Waals surface area contributed by atoms with Gasteiger partial charge in [0.05, 0.1) is 24.8 Å². The lowest BCUT2D eigenvalue weighted by Crippen LogP contribution is -2.36. The largest absolute Gasteiger partial charge is 0.495 e. The summed E-state index contributed by atoms with van der Waals surface area (Å²) in [4.78, 5) is 19.8. The first-order valence-electron chi connectivity index (χ1n) is 8.92. The van der Waals surface area contributed by atoms with Gasteiger partial charge in [-0.1, -0.05) is 16.6 Å². The molecule has 0 unspecified atom stereocenters. The molecule has 28 heavy (non-hydrogen) atoms. The van der Waals surface area contributed by atoms with Gasteiger partial charge in [0.15, 0.2) is 0 Å². The van der Waals surface area contributed by atoms with Crippen LogP contribution >= 0.6 is 0 Å². The number of benzene rings is 2. The lowest BCUT2D eigenvalue weighted by Gasteiger charge is -2.32. The number of sulfonamides is 1. The van der Waals surface area contributed by atoms with Gasteiger partial charge in [0.25, 0.3) is 15.9 Å². The van der Waals surface area contributed by atoms with Crippen LogP contribution in [0, 0.1) is 6.92 Å². The van der Waals surface area contributed by atoms with Crippen LogP contribution in [0.15, 0.2) is 41.3 Å². The van der Waals surface area contributed by atoms with Crippen molar-refractivity contribution in [2.24, 2.45) is 0 Å². The first-order valence-corrected chi connectivity index (χ1v) is 10.4. The Hall–Kier alpha value is -2.42. The second-order valence-electron chi connectivity index (χ2n) is 6.60. The van der Waals surface area contributed by atoms with Gasteiger partial charge in [-0.25, -0.2) is 8.42 Å². The van der Waals surface area contributed by atoms with Crippen LogP contribution in [-0.4, -0.2) is 46.6 Å². The molecule has 3 rings (SSSR count). The van der Waals surface area contributed by atoms with Crippen LogP contribution in [0.25, 0.3) is 0 Å². The number of aryl methyl sites for hydroxylation is 1. The highest BCUT2D eigenvalue weighted by Crippen LogP contribution is 2.39. The number of hydroxylamine groups is 1. The van der Waals surface area contributed by atoms with Gasteiger partial charge in [-0.15, -0.1) is 0 Å². The summed E-state index contributed by atoms with van der Waals surface area (Å²) >= 11 is 0. The van der Waals surface area contributed by atoms with Crippen LogP contribution < -0.4 is 9.64 Å². The minimum Gasteiger partial charge on any atom is -0.495 e. The highest BCUT2D eigenvalue weighted by atomic mass is 32.2. The van der Waals surface area contributed by atoms with Crippen molar-refractivity contribution in [3.8, 4) is 5.75 Å². The van der Waals surface area contributed by atoms with Crippen molar-refractivity contribution in [2.45, 2.75) is 24.7 Å². The Morgan fingerprint density at radius 2 is 1.93 bits per heavy atom. The van der Waals surface area contributed by atoms with E-state index < -0.39 is 10.0 Å². The minimum atomic E-state index is -3.84. The predicted octanol–water partition coefficient (Wildman–Crippen LogP) is 2.78. The van der Waals surface area contributed by atoms with Gasteiger partial charge in [-0.2, -0.15) is 0 Å². The quantitative estimate of drug-likeness (QED) is 0.717. The van der Waals surface area contributed by atoms with Gasteiger partial charge in [-0.3, -0.25) is 9.63 Å². The average Bonchev–Trinajstić information content (AvgIpc) is 2.72. The van der Waals surface area contributed by atoms with Crippen molar-refractivity contribution >= 4 is 21.6 Å². The van der Waals surface area contributed by atoms with Gasteiger partial charge in [0.1, 0.15) is 5.75 Å². The number of carbonyl (C=O) groups is 1. The number of hydrogen-bond donors (Lipinski definition) is 0. The van der Waals surface area contributed by atoms with E-state index in [1.54, 1.807) is 24.1 Å². The smallest absolute Gasteiger partial charge is 0.264 e. The molecular formula is C20H24N2O5S. The van der Waals surface area contributed by atoms with Gasteiger partial charge in [-0.05, 0) is 55.2 Å². The Kier molecular flexibility index (Phi) is 5.74. The molecule has 1 amide bonds. The van der Waals surface area contributed by atoms with Crippen LogP contribution in [0.2, 0.25) is 0 Å². The van der Waals surface area contributed by atoms with E-state index in [1.165, 1.54) is 26.3 Å². The summed E-state index contributed by atoms with van der Waals surface area (Å²) in [5.74, 6) is 0.374. The molecule has 0 N–H and O–H groups in total. The molecule has 0 saturated heterocycles. The van der Waals surface area contributed by atoms with Crippen molar-refractivity contribution in [3.63, 3.8) is 0 Å². The Labute approximate surface area is 165 Å². The summed E-state index contributed by atoms with van der Waals surface area (Å²) in [5, 5.41) is 0. The van der Waals surface area contributed by atoms with E-state index in [0.29, 0.717) is 17.9 Å². The van der Waals surface area contributed by atoms with Crippen molar-refractivity contribution < 1.29 is 22.8 Å². The summed E-state index contributed by atoms with van der Waals surface area (Å²) in [6, 6.07) is 9.83. The molecule has 0 saturated carbocycles. The fourth-order valence-corrected chi connectivity index (χ4v) is 4.43. The monoisotopic (exact) mass is 404 g/mol. The van der Waals surface area contributed by atoms with E-state index in [0.717, 1.165) is 34.1 Å². The maximum Gasteiger partial charge on any atom is 0.264 e. The molecule has 0 bridgehead atoms. The van der Waals surface area contributed by atoms with Crippen LogP contribution in [0.3, 0.4) is 0 Å². The molecule has 0 aliphatic carbocycles. The molecule has 1 heterocycles. The first kappa shape index (κ1) is 20.3. The second kappa shape index (κ2) is 7.90. The summed E-state index contributed by atoms with van der Waals surface area (Å²) in [6.07, 6.45) is 1.70. The van der Waals surface area contributed by atoms with E-state index in [2.05, 4.69) is 0 Å². The third kappa shape index (κ3) is 3.50. The Morgan fingerprint density at radius 1 is 1.18 bits per heavy atom. The molecule has 7 nitrogen and oxygen atoms in total. The zero-order chi connectivity index (χ0) is 20.5. The standard InChI is InChI=1S/C20H24N2O5S/c1-14-10-11-18(26-3)19-17(14)9-6-12-22(19)20(23)15-7-5-8-16(13-15)28(24,25)21(2)27-4/h5,7-8,10-11,13H,6,9,12H2,1-4H3. The molecule has 0 radical (unpaired) electrons. The molecule has 1 aliphatic heterocycles. The van der Waals surface area contributed by atoms with Crippen LogP contribution in [0.4, 0.5) is 5.69 Å². The summed E-state index contributed by atoms with van der Waals surface area (Å²) in [6.45, 7) is 2.56. The van der Waals surface area contributed by atoms with E-state index in [9.17, 15) is 13.2 Å². The van der Waals surface area contributed by atoms with E-state index in [-0.39, 0.29) is 10.8 Å². The predicted molar refractivity (Wildman–Crippen MR) is 106 cm³/mol. The Balaban J connectivity index is 2.04. The average molecular weight is 404 g/mol. The summed E-state index contributed by atoms with van der Waals surface area (Å²) < 4.78 is 31.3. The number of fused-ring (bicyclic) bond motifs is 1. The van der Waals surface area contributed by atoms with Crippen LogP contribution in [-0.2, 0) is 21.3 Å². The fourth-order valence-electron chi connectivity index (χ4n) is 3.41. The molecule has 0 aromatic heterocycles. The molecule has 150 valence electrons. The number of amides is 1. The number of anilines is 1. The van der Waals surface area contributed by atoms with Gasteiger partial charge in [0.2, 0.25) is 0 Å². The molecule has 0 atom stereocenters. The first-order chi connectivity index (χ1) is 13.3. The van der Waals surface area contributed by atoms with Crippen molar-refractivity contribution in [1.82, 2.24) is 4.47 Å². The third-order valence-electron chi connectivity index (χ3n) is 5.00. The highest BCUT2D eigenvalue weighted by Gasteiger charge is 2.29. The Bertz CT molecular complexity index is 1000. The molecule has 2 aromatic carbocycles. The topological polar surface area (TPSA) is 76.2 Å². The number of carbonyl (C=O) groups excluding carboxylic acids is 1. The maximum atomic E-state index is 13.3. The zero-order valence-corrected chi connectivity index (χ0v) is 17.2. The SMILES string of the molecule is COc1ccc(C)c2c1N(C(=O)c1cccc(S(=O)(=O)N(C)OC)c1)CCC2. The van der Waals surface area contributed by atoms with Crippen LogP contribution in [0.5, 0.6) is 5.75 Å². The van der Waals surface area contributed by atoms with Gasteiger partial charge in [0, 0.05) is 19.2 Å². The maximum absolute atomic E-state index is 13.3. The van der Waals surface area contributed by atoms with E-state index in [4.69, 9.17) is 9.57 Å².